The normalized spacial score (nSPS) is 17.8. The fourth-order valence-electron chi connectivity index (χ4n) is 4.16. The lowest BCUT2D eigenvalue weighted by atomic mass is 9.97. The Kier molecular flexibility index (Phi) is 5.62. The minimum absolute atomic E-state index is 0.266. The fraction of sp³-hybridized carbons (Fsp3) is 0.360. The number of aryl methyl sites for hydroxylation is 1. The molecule has 2 heterocycles. The predicted molar refractivity (Wildman–Crippen MR) is 118 cm³/mol. The van der Waals surface area contributed by atoms with Gasteiger partial charge in [-0.3, -0.25) is 9.59 Å². The van der Waals surface area contributed by atoms with E-state index in [1.54, 1.807) is 12.1 Å². The molecule has 4 rings (SSSR count). The van der Waals surface area contributed by atoms with Crippen LogP contribution in [0.25, 0.3) is 5.57 Å². The molecule has 0 atom stereocenters. The number of carbonyl (C=O) groups is 2. The van der Waals surface area contributed by atoms with Crippen LogP contribution in [0.4, 0.5) is 5.69 Å². The third kappa shape index (κ3) is 3.60. The maximum Gasteiger partial charge on any atom is 0.282 e. The summed E-state index contributed by atoms with van der Waals surface area (Å²) >= 11 is 0. The zero-order valence-corrected chi connectivity index (χ0v) is 17.9. The Morgan fingerprint density at radius 1 is 0.967 bits per heavy atom. The average molecular weight is 405 g/mol. The molecule has 156 valence electrons. The second kappa shape index (κ2) is 8.34. The molecule has 2 aliphatic heterocycles. The molecule has 0 unspecified atom stereocenters. The van der Waals surface area contributed by atoms with Crippen molar-refractivity contribution < 1.29 is 14.3 Å². The highest BCUT2D eigenvalue weighted by Crippen LogP contribution is 2.39. The smallest absolute Gasteiger partial charge is 0.282 e. The van der Waals surface area contributed by atoms with E-state index in [1.807, 2.05) is 50.2 Å². The predicted octanol–water partition coefficient (Wildman–Crippen LogP) is 4.41. The van der Waals surface area contributed by atoms with Gasteiger partial charge in [0.15, 0.2) is 0 Å². The number of benzene rings is 2. The topological polar surface area (TPSA) is 49.9 Å². The number of carbonyl (C=O) groups excluding carboxylic acids is 2. The maximum absolute atomic E-state index is 13.7. The number of ether oxygens (including phenoxy) is 1. The molecule has 2 amide bonds. The highest BCUT2D eigenvalue weighted by Gasteiger charge is 2.43. The fourth-order valence-corrected chi connectivity index (χ4v) is 4.16. The molecular formula is C25H28N2O3. The van der Waals surface area contributed by atoms with Gasteiger partial charge in [-0.1, -0.05) is 48.9 Å². The first-order chi connectivity index (χ1) is 14.5. The first-order valence-corrected chi connectivity index (χ1v) is 10.7. The lowest BCUT2D eigenvalue weighted by molar-refractivity contribution is -0.120. The van der Waals surface area contributed by atoms with E-state index in [9.17, 15) is 9.59 Å². The number of para-hydroxylation sites is 2. The number of hydrogen-bond donors (Lipinski definition) is 0. The van der Waals surface area contributed by atoms with Crippen molar-refractivity contribution >= 4 is 23.1 Å². The Balaban J connectivity index is 1.81. The zero-order valence-electron chi connectivity index (χ0n) is 17.9. The van der Waals surface area contributed by atoms with Crippen molar-refractivity contribution in [2.45, 2.75) is 33.6 Å². The van der Waals surface area contributed by atoms with E-state index >= 15 is 0 Å². The molecule has 1 fully saturated rings. The summed E-state index contributed by atoms with van der Waals surface area (Å²) in [5.41, 5.74) is 3.40. The summed E-state index contributed by atoms with van der Waals surface area (Å²) in [6.07, 6.45) is 2.03. The Bertz CT molecular complexity index is 986. The molecule has 0 N–H and O–H groups in total. The number of likely N-dealkylation sites (tertiary alicyclic amines) is 1. The Morgan fingerprint density at radius 2 is 1.63 bits per heavy atom. The lowest BCUT2D eigenvalue weighted by Crippen LogP contribution is -2.38. The number of piperidine rings is 1. The number of nitrogens with zero attached hydrogens (tertiary/aromatic N) is 2. The SMILES string of the molecule is CCOc1ccccc1N1C(=O)C(c2ccc(C)cc2)=C(N2CCC(C)CC2)C1=O. The van der Waals surface area contributed by atoms with Crippen molar-refractivity contribution in [2.75, 3.05) is 24.6 Å². The summed E-state index contributed by atoms with van der Waals surface area (Å²) in [5.74, 6) is 0.618. The molecular weight excluding hydrogens is 376 g/mol. The highest BCUT2D eigenvalue weighted by atomic mass is 16.5. The Morgan fingerprint density at radius 3 is 2.30 bits per heavy atom. The Hall–Kier alpha value is -3.08. The summed E-state index contributed by atoms with van der Waals surface area (Å²) in [7, 11) is 0. The molecule has 0 aromatic heterocycles. The molecule has 5 heteroatoms. The van der Waals surface area contributed by atoms with Gasteiger partial charge in [0.05, 0.1) is 17.9 Å². The molecule has 0 saturated carbocycles. The van der Waals surface area contributed by atoms with Gasteiger partial charge < -0.3 is 9.64 Å². The summed E-state index contributed by atoms with van der Waals surface area (Å²) in [4.78, 5) is 30.7. The minimum atomic E-state index is -0.287. The van der Waals surface area contributed by atoms with Gasteiger partial charge in [0.25, 0.3) is 11.8 Å². The van der Waals surface area contributed by atoms with Crippen LogP contribution >= 0.6 is 0 Å². The van der Waals surface area contributed by atoms with E-state index in [4.69, 9.17) is 4.74 Å². The molecule has 2 aromatic rings. The average Bonchev–Trinajstić information content (AvgIpc) is 3.00. The zero-order chi connectivity index (χ0) is 21.3. The van der Waals surface area contributed by atoms with Crippen LogP contribution in [0, 0.1) is 12.8 Å². The summed E-state index contributed by atoms with van der Waals surface area (Å²) in [6.45, 7) is 8.16. The van der Waals surface area contributed by atoms with Crippen LogP contribution in [0.2, 0.25) is 0 Å². The Labute approximate surface area is 177 Å². The number of rotatable bonds is 5. The molecule has 2 aromatic carbocycles. The molecule has 2 aliphatic rings. The number of amides is 2. The van der Waals surface area contributed by atoms with Crippen molar-refractivity contribution in [3.8, 4) is 5.75 Å². The largest absolute Gasteiger partial charge is 0.492 e. The van der Waals surface area contributed by atoms with Crippen LogP contribution in [0.15, 0.2) is 54.2 Å². The quantitative estimate of drug-likeness (QED) is 0.693. The van der Waals surface area contributed by atoms with Crippen molar-refractivity contribution in [3.05, 3.63) is 65.4 Å². The van der Waals surface area contributed by atoms with Crippen molar-refractivity contribution in [3.63, 3.8) is 0 Å². The molecule has 1 saturated heterocycles. The van der Waals surface area contributed by atoms with Crippen LogP contribution in [0.5, 0.6) is 5.75 Å². The van der Waals surface area contributed by atoms with Crippen LogP contribution in [0.1, 0.15) is 37.8 Å². The second-order valence-electron chi connectivity index (χ2n) is 8.11. The monoisotopic (exact) mass is 404 g/mol. The molecule has 0 aliphatic carbocycles. The first-order valence-electron chi connectivity index (χ1n) is 10.7. The number of hydrogen-bond acceptors (Lipinski definition) is 4. The third-order valence-electron chi connectivity index (χ3n) is 5.91. The van der Waals surface area contributed by atoms with Crippen LogP contribution in [0.3, 0.4) is 0 Å². The van der Waals surface area contributed by atoms with Crippen LogP contribution in [-0.4, -0.2) is 36.4 Å². The van der Waals surface area contributed by atoms with Crippen molar-refractivity contribution in [1.82, 2.24) is 4.90 Å². The van der Waals surface area contributed by atoms with Gasteiger partial charge in [-0.25, -0.2) is 4.90 Å². The maximum atomic E-state index is 13.7. The second-order valence-corrected chi connectivity index (χ2v) is 8.11. The van der Waals surface area contributed by atoms with Gasteiger partial charge in [-0.2, -0.15) is 0 Å². The molecule has 5 nitrogen and oxygen atoms in total. The number of imide groups is 1. The van der Waals surface area contributed by atoms with Gasteiger partial charge in [0.2, 0.25) is 0 Å². The number of anilines is 1. The van der Waals surface area contributed by atoms with Gasteiger partial charge >= 0.3 is 0 Å². The van der Waals surface area contributed by atoms with Gasteiger partial charge in [-0.15, -0.1) is 0 Å². The molecule has 30 heavy (non-hydrogen) atoms. The van der Waals surface area contributed by atoms with E-state index in [1.165, 1.54) is 4.90 Å². The first kappa shape index (κ1) is 20.2. The highest BCUT2D eigenvalue weighted by molar-refractivity contribution is 6.45. The van der Waals surface area contributed by atoms with E-state index in [-0.39, 0.29) is 11.8 Å². The van der Waals surface area contributed by atoms with Crippen LogP contribution in [-0.2, 0) is 9.59 Å². The summed E-state index contributed by atoms with van der Waals surface area (Å²) < 4.78 is 5.72. The molecule has 0 radical (unpaired) electrons. The summed E-state index contributed by atoms with van der Waals surface area (Å²) in [5, 5.41) is 0. The third-order valence-corrected chi connectivity index (χ3v) is 5.91. The van der Waals surface area contributed by atoms with Crippen molar-refractivity contribution in [1.29, 1.82) is 0 Å². The lowest BCUT2D eigenvalue weighted by Gasteiger charge is -2.32. The summed E-state index contributed by atoms with van der Waals surface area (Å²) in [6, 6.07) is 15.1. The van der Waals surface area contributed by atoms with E-state index < -0.39 is 0 Å². The van der Waals surface area contributed by atoms with E-state index in [2.05, 4.69) is 11.8 Å². The van der Waals surface area contributed by atoms with Gasteiger partial charge in [-0.05, 0) is 50.3 Å². The van der Waals surface area contributed by atoms with Crippen molar-refractivity contribution in [2.24, 2.45) is 5.92 Å². The van der Waals surface area contributed by atoms with E-state index in [0.29, 0.717) is 35.2 Å². The standard InChI is InChI=1S/C25H28N2O3/c1-4-30-21-8-6-5-7-20(21)27-24(28)22(19-11-9-17(2)10-12-19)23(25(27)29)26-15-13-18(3)14-16-26/h5-12,18H,4,13-16H2,1-3H3. The molecule has 0 spiro atoms. The minimum Gasteiger partial charge on any atom is -0.492 e. The van der Waals surface area contributed by atoms with Crippen LogP contribution < -0.4 is 9.64 Å². The van der Waals surface area contributed by atoms with Gasteiger partial charge in [0, 0.05) is 13.1 Å². The molecule has 0 bridgehead atoms. The van der Waals surface area contributed by atoms with Gasteiger partial charge in [0.1, 0.15) is 11.4 Å². The van der Waals surface area contributed by atoms with E-state index in [0.717, 1.165) is 37.1 Å².